The molecule has 17 heavy (non-hydrogen) atoms. The first kappa shape index (κ1) is 12.2. The smallest absolute Gasteiger partial charge is 0.239 e. The van der Waals surface area contributed by atoms with Crippen LogP contribution >= 0.6 is 0 Å². The van der Waals surface area contributed by atoms with Crippen molar-refractivity contribution in [2.45, 2.75) is 11.7 Å². The number of hydrogen-bond acceptors (Lipinski definition) is 4. The molecule has 6 heteroatoms. The Morgan fingerprint density at radius 3 is 2.53 bits per heavy atom. The molecule has 2 N–H and O–H groups in total. The minimum absolute atomic E-state index is 0.176. The zero-order chi connectivity index (χ0) is 12.5. The zero-order valence-corrected chi connectivity index (χ0v) is 10.5. The molecule has 1 aromatic rings. The maximum absolute atomic E-state index is 12.1. The van der Waals surface area contributed by atoms with Crippen LogP contribution in [0, 0.1) is 0 Å². The number of nitrogens with two attached hydrogens (primary N) is 1. The molecule has 1 saturated heterocycles. The van der Waals surface area contributed by atoms with Gasteiger partial charge in [-0.05, 0) is 30.7 Å². The predicted octanol–water partition coefficient (Wildman–Crippen LogP) is 0.562. The summed E-state index contributed by atoms with van der Waals surface area (Å²) in [4.78, 5) is 0. The molecule has 5 nitrogen and oxygen atoms in total. The highest BCUT2D eigenvalue weighted by atomic mass is 32.2. The lowest BCUT2D eigenvalue weighted by Crippen LogP contribution is -2.33. The largest absolute Gasteiger partial charge is 0.497 e. The standard InChI is InChI=1S/C11H16N2O3S/c1-16-10-4-2-9(3-5-10)13-7-6-11(8-12)17(13,14)15/h2-5,11H,6-8,12H2,1H3/t11-/m0/s1. The van der Waals surface area contributed by atoms with Crippen LogP contribution in [0.1, 0.15) is 6.42 Å². The number of hydrogen-bond donors (Lipinski definition) is 1. The van der Waals surface area contributed by atoms with Crippen LogP contribution in [0.2, 0.25) is 0 Å². The average Bonchev–Trinajstić information content (AvgIpc) is 2.64. The van der Waals surface area contributed by atoms with Gasteiger partial charge in [-0.2, -0.15) is 0 Å². The Balaban J connectivity index is 2.29. The van der Waals surface area contributed by atoms with Gasteiger partial charge in [0.2, 0.25) is 10.0 Å². The zero-order valence-electron chi connectivity index (χ0n) is 9.67. The van der Waals surface area contributed by atoms with E-state index in [-0.39, 0.29) is 6.54 Å². The quantitative estimate of drug-likeness (QED) is 0.857. The first-order valence-corrected chi connectivity index (χ1v) is 6.95. The van der Waals surface area contributed by atoms with Crippen LogP contribution in [0.4, 0.5) is 5.69 Å². The summed E-state index contributed by atoms with van der Waals surface area (Å²) in [5.74, 6) is 0.709. The summed E-state index contributed by atoms with van der Waals surface area (Å²) in [5.41, 5.74) is 6.14. The van der Waals surface area contributed by atoms with E-state index in [0.29, 0.717) is 24.4 Å². The molecular formula is C11H16N2O3S. The Morgan fingerprint density at radius 2 is 2.06 bits per heavy atom. The van der Waals surface area contributed by atoms with Crippen molar-refractivity contribution < 1.29 is 13.2 Å². The van der Waals surface area contributed by atoms with Crippen LogP contribution in [0.15, 0.2) is 24.3 Å². The molecule has 0 saturated carbocycles. The highest BCUT2D eigenvalue weighted by molar-refractivity contribution is 7.93. The van der Waals surface area contributed by atoms with Gasteiger partial charge in [0.05, 0.1) is 18.0 Å². The molecule has 0 radical (unpaired) electrons. The van der Waals surface area contributed by atoms with Crippen LogP contribution in [0.25, 0.3) is 0 Å². The molecule has 0 amide bonds. The van der Waals surface area contributed by atoms with Gasteiger partial charge in [0.1, 0.15) is 5.75 Å². The van der Waals surface area contributed by atoms with Gasteiger partial charge in [0.25, 0.3) is 0 Å². The molecule has 0 aliphatic carbocycles. The molecule has 1 aliphatic rings. The number of ether oxygens (including phenoxy) is 1. The van der Waals surface area contributed by atoms with E-state index in [1.807, 2.05) is 0 Å². The van der Waals surface area contributed by atoms with Crippen molar-refractivity contribution in [1.82, 2.24) is 0 Å². The molecule has 1 atom stereocenters. The van der Waals surface area contributed by atoms with Gasteiger partial charge < -0.3 is 10.5 Å². The van der Waals surface area contributed by atoms with Gasteiger partial charge in [-0.25, -0.2) is 8.42 Å². The second kappa shape index (κ2) is 4.54. The second-order valence-electron chi connectivity index (χ2n) is 3.96. The Kier molecular flexibility index (Phi) is 3.26. The third-order valence-corrected chi connectivity index (χ3v) is 5.28. The SMILES string of the molecule is COc1ccc(N2CC[C@@H](CN)S2(=O)=O)cc1. The maximum Gasteiger partial charge on any atom is 0.239 e. The van der Waals surface area contributed by atoms with Crippen molar-refractivity contribution >= 4 is 15.7 Å². The van der Waals surface area contributed by atoms with E-state index in [1.165, 1.54) is 4.31 Å². The average molecular weight is 256 g/mol. The van der Waals surface area contributed by atoms with E-state index in [2.05, 4.69) is 0 Å². The summed E-state index contributed by atoms with van der Waals surface area (Å²) in [6.07, 6.45) is 0.588. The molecular weight excluding hydrogens is 240 g/mol. The van der Waals surface area contributed by atoms with E-state index < -0.39 is 15.3 Å². The first-order valence-electron chi connectivity index (χ1n) is 5.45. The Labute approximate surface area is 101 Å². The first-order chi connectivity index (χ1) is 8.09. The summed E-state index contributed by atoms with van der Waals surface area (Å²) in [6, 6.07) is 6.99. The van der Waals surface area contributed by atoms with Crippen molar-refractivity contribution in [3.63, 3.8) is 0 Å². The van der Waals surface area contributed by atoms with Crippen molar-refractivity contribution in [2.24, 2.45) is 5.73 Å². The minimum atomic E-state index is -3.28. The van der Waals surface area contributed by atoms with Gasteiger partial charge >= 0.3 is 0 Å². The van der Waals surface area contributed by atoms with Crippen LogP contribution in [0.3, 0.4) is 0 Å². The van der Waals surface area contributed by atoms with Crippen LogP contribution < -0.4 is 14.8 Å². The van der Waals surface area contributed by atoms with E-state index in [1.54, 1.807) is 31.4 Å². The lowest BCUT2D eigenvalue weighted by molar-refractivity contribution is 0.415. The molecule has 2 rings (SSSR count). The number of anilines is 1. The van der Waals surface area contributed by atoms with Crippen LogP contribution in [0.5, 0.6) is 5.75 Å². The van der Waals surface area contributed by atoms with Gasteiger partial charge in [0, 0.05) is 13.1 Å². The van der Waals surface area contributed by atoms with Crippen molar-refractivity contribution in [3.8, 4) is 5.75 Å². The molecule has 1 aliphatic heterocycles. The van der Waals surface area contributed by atoms with Gasteiger partial charge in [0.15, 0.2) is 0 Å². The van der Waals surface area contributed by atoms with Gasteiger partial charge in [-0.1, -0.05) is 0 Å². The highest BCUT2D eigenvalue weighted by Crippen LogP contribution is 2.29. The minimum Gasteiger partial charge on any atom is -0.497 e. The summed E-state index contributed by atoms with van der Waals surface area (Å²) < 4.78 is 30.6. The molecule has 0 spiro atoms. The number of benzene rings is 1. The van der Waals surface area contributed by atoms with E-state index in [0.717, 1.165) is 0 Å². The molecule has 1 heterocycles. The molecule has 0 bridgehead atoms. The number of sulfonamides is 1. The van der Waals surface area contributed by atoms with Crippen molar-refractivity contribution in [1.29, 1.82) is 0 Å². The fourth-order valence-corrected chi connectivity index (χ4v) is 3.76. The molecule has 0 aromatic heterocycles. The third kappa shape index (κ3) is 2.10. The Morgan fingerprint density at radius 1 is 1.41 bits per heavy atom. The predicted molar refractivity (Wildman–Crippen MR) is 66.7 cm³/mol. The molecule has 1 fully saturated rings. The normalized spacial score (nSPS) is 22.7. The third-order valence-electron chi connectivity index (χ3n) is 3.01. The number of nitrogens with zero attached hydrogens (tertiary/aromatic N) is 1. The fraction of sp³-hybridized carbons (Fsp3) is 0.455. The van der Waals surface area contributed by atoms with Gasteiger partial charge in [-0.3, -0.25) is 4.31 Å². The molecule has 0 unspecified atom stereocenters. The number of rotatable bonds is 3. The van der Waals surface area contributed by atoms with Crippen molar-refractivity contribution in [3.05, 3.63) is 24.3 Å². The van der Waals surface area contributed by atoms with E-state index in [9.17, 15) is 8.42 Å². The highest BCUT2D eigenvalue weighted by Gasteiger charge is 2.37. The van der Waals surface area contributed by atoms with Gasteiger partial charge in [-0.15, -0.1) is 0 Å². The second-order valence-corrected chi connectivity index (χ2v) is 6.10. The summed E-state index contributed by atoms with van der Waals surface area (Å²) in [7, 11) is -1.71. The molecule has 94 valence electrons. The Hall–Kier alpha value is -1.27. The van der Waals surface area contributed by atoms with Crippen LogP contribution in [-0.4, -0.2) is 33.9 Å². The lowest BCUT2D eigenvalue weighted by atomic mass is 10.2. The number of methoxy groups -OCH3 is 1. The topological polar surface area (TPSA) is 72.6 Å². The van der Waals surface area contributed by atoms with Crippen molar-refractivity contribution in [2.75, 3.05) is 24.5 Å². The summed E-state index contributed by atoms with van der Waals surface area (Å²) in [6.45, 7) is 0.672. The van der Waals surface area contributed by atoms with Crippen LogP contribution in [-0.2, 0) is 10.0 Å². The monoisotopic (exact) mass is 256 g/mol. The summed E-state index contributed by atoms with van der Waals surface area (Å²) >= 11 is 0. The lowest BCUT2D eigenvalue weighted by Gasteiger charge is -2.18. The Bertz CT molecular complexity index is 484. The van der Waals surface area contributed by atoms with E-state index in [4.69, 9.17) is 10.5 Å². The fourth-order valence-electron chi connectivity index (χ4n) is 1.98. The molecule has 1 aromatic carbocycles. The summed E-state index contributed by atoms with van der Waals surface area (Å²) in [5, 5.41) is -0.454. The maximum atomic E-state index is 12.1. The van der Waals surface area contributed by atoms with E-state index >= 15 is 0 Å².